The van der Waals surface area contributed by atoms with E-state index < -0.39 is 35.8 Å². The Bertz CT molecular complexity index is 2680. The van der Waals surface area contributed by atoms with Gasteiger partial charge in [0.15, 0.2) is 0 Å². The number of unbranched alkanes of at least 4 members (excludes halogenated alkanes) is 40. The summed E-state index contributed by atoms with van der Waals surface area (Å²) in [6, 6.07) is 0. The molecule has 10 unspecified atom stereocenters. The summed E-state index contributed by atoms with van der Waals surface area (Å²) in [5.41, 5.74) is 3.40. The maximum Gasteiger partial charge on any atom is 0.303 e. The Balaban J connectivity index is 0.000000900. The Labute approximate surface area is 738 Å². The highest BCUT2D eigenvalue weighted by molar-refractivity contribution is 5.68. The van der Waals surface area contributed by atoms with Crippen molar-refractivity contribution in [2.24, 2.45) is 59.2 Å². The first-order valence-electron chi connectivity index (χ1n) is 51.5. The van der Waals surface area contributed by atoms with E-state index in [0.29, 0.717) is 74.0 Å². The molecule has 0 bridgehead atoms. The molecule has 0 saturated heterocycles. The molecule has 3 aliphatic carbocycles. The molecule has 120 heavy (non-hydrogen) atoms. The standard InChI is InChI=1S/C36H62O4.2C36H64O4/c1-3-5-7-14-21-31-28-34-32(27-30(31)19-6-4-2)26-25-29(20-15-10-8-12-17-23-35(37)38)33(34)22-16-11-9-13-18-24-36(39)40;1-3-5-7-9-13-19-25-33-31(23-17-8-6-4-2)29-30-32(24-18-12-10-15-21-27-35(37)38)34(33)26-20-14-11-16-22-28-36(39)40;1-3-5-7-9-11-15-21-27-33(29-23-17-13-19-25-31-35(37)38)34(28-22-16-12-10-8-6-4-2)30-24-18-14-20-26-32-36(39)40/h25-26,28-33H,3-24,27H2,1-2H3,(H,37,38)(H,39,40);13,19,29-34H,3-12,14-18,20-28H2,1-2H3,(H,37,38)(H,39,40);11-12,15-16,27,34H,3-10,13-14,17-26,28-32H2,1-2H3,(H,37,38)(H,39,40)/b;19-13+;15-11+,16-12+,33-27-. The Kier molecular flexibility index (Phi) is 77.5. The van der Waals surface area contributed by atoms with Gasteiger partial charge in [-0.25, -0.2) is 0 Å². The van der Waals surface area contributed by atoms with Crippen molar-refractivity contribution in [3.05, 3.63) is 84.1 Å². The van der Waals surface area contributed by atoms with Crippen molar-refractivity contribution in [1.29, 1.82) is 0 Å². The molecule has 12 nitrogen and oxygen atoms in total. The van der Waals surface area contributed by atoms with Crippen LogP contribution in [0.2, 0.25) is 0 Å². The number of hydrogen-bond acceptors (Lipinski definition) is 6. The molecule has 3 aliphatic rings. The van der Waals surface area contributed by atoms with Gasteiger partial charge in [0.05, 0.1) is 0 Å². The molecule has 694 valence electrons. The summed E-state index contributed by atoms with van der Waals surface area (Å²) in [5, 5.41) is 53.3. The fourth-order valence-electron chi connectivity index (χ4n) is 19.3. The average molecular weight is 1680 g/mol. The molecule has 6 N–H and O–H groups in total. The second-order valence-corrected chi connectivity index (χ2v) is 37.1. The molecule has 10 atom stereocenters. The number of hydrogen-bond donors (Lipinski definition) is 6. The average Bonchev–Trinajstić information content (AvgIpc) is 0.782. The number of rotatable bonds is 81. The molecule has 0 saturated carbocycles. The van der Waals surface area contributed by atoms with E-state index in [4.69, 9.17) is 30.6 Å². The molecular weight excluding hydrogens is 1490 g/mol. The fraction of sp³-hybridized carbons (Fsp3) is 0.815. The first-order valence-corrected chi connectivity index (χ1v) is 51.5. The predicted molar refractivity (Wildman–Crippen MR) is 509 cm³/mol. The molecule has 0 aromatic rings. The van der Waals surface area contributed by atoms with Gasteiger partial charge in [-0.15, -0.1) is 0 Å². The smallest absolute Gasteiger partial charge is 0.303 e. The maximum atomic E-state index is 10.8. The molecule has 0 radical (unpaired) electrons. The monoisotopic (exact) mass is 1680 g/mol. The minimum absolute atomic E-state index is 0.292. The summed E-state index contributed by atoms with van der Waals surface area (Å²) in [5.74, 6) is 2.97. The van der Waals surface area contributed by atoms with Crippen LogP contribution in [0.3, 0.4) is 0 Å². The van der Waals surface area contributed by atoms with Gasteiger partial charge >= 0.3 is 35.8 Å². The Morgan fingerprint density at radius 2 is 0.633 bits per heavy atom. The zero-order valence-corrected chi connectivity index (χ0v) is 78.7. The molecule has 0 aromatic carbocycles. The minimum atomic E-state index is -0.683. The fourth-order valence-corrected chi connectivity index (χ4v) is 19.3. The zero-order valence-electron chi connectivity index (χ0n) is 78.7. The van der Waals surface area contributed by atoms with Crippen LogP contribution in [0.4, 0.5) is 0 Å². The Morgan fingerprint density at radius 3 is 1.07 bits per heavy atom. The minimum Gasteiger partial charge on any atom is -0.481 e. The van der Waals surface area contributed by atoms with Crippen LogP contribution < -0.4 is 0 Å². The lowest BCUT2D eigenvalue weighted by molar-refractivity contribution is -0.138. The van der Waals surface area contributed by atoms with Gasteiger partial charge in [-0.3, -0.25) is 28.8 Å². The third-order valence-electron chi connectivity index (χ3n) is 26.5. The van der Waals surface area contributed by atoms with Crippen LogP contribution in [0, 0.1) is 59.2 Å². The van der Waals surface area contributed by atoms with E-state index in [2.05, 4.69) is 114 Å². The summed E-state index contributed by atoms with van der Waals surface area (Å²) in [6.07, 6.45) is 111. The quantitative estimate of drug-likeness (QED) is 0.0247. The molecular formula is C108H190O12. The van der Waals surface area contributed by atoms with Crippen molar-refractivity contribution in [1.82, 2.24) is 0 Å². The second kappa shape index (κ2) is 82.3. The molecule has 0 heterocycles. The number of carbonyl (C=O) groups is 6. The summed E-state index contributed by atoms with van der Waals surface area (Å²) in [7, 11) is 0. The van der Waals surface area contributed by atoms with E-state index in [0.717, 1.165) is 159 Å². The second-order valence-electron chi connectivity index (χ2n) is 37.1. The summed E-state index contributed by atoms with van der Waals surface area (Å²) < 4.78 is 0. The summed E-state index contributed by atoms with van der Waals surface area (Å²) in [4.78, 5) is 64.7. The third-order valence-corrected chi connectivity index (χ3v) is 26.5. The van der Waals surface area contributed by atoms with Crippen LogP contribution in [0.15, 0.2) is 84.1 Å². The predicted octanol–water partition coefficient (Wildman–Crippen LogP) is 33.5. The molecule has 0 amide bonds. The van der Waals surface area contributed by atoms with Crippen molar-refractivity contribution in [3.8, 4) is 0 Å². The van der Waals surface area contributed by atoms with E-state index in [1.807, 2.05) is 0 Å². The molecule has 0 spiro atoms. The zero-order chi connectivity index (χ0) is 87.8. The van der Waals surface area contributed by atoms with Crippen molar-refractivity contribution < 1.29 is 59.4 Å². The van der Waals surface area contributed by atoms with E-state index in [1.165, 1.54) is 289 Å². The van der Waals surface area contributed by atoms with Crippen molar-refractivity contribution in [2.45, 2.75) is 504 Å². The normalized spacial score (nSPS) is 19.3. The van der Waals surface area contributed by atoms with Gasteiger partial charge in [-0.2, -0.15) is 0 Å². The maximum absolute atomic E-state index is 10.8. The molecule has 3 rings (SSSR count). The van der Waals surface area contributed by atoms with E-state index in [1.54, 1.807) is 11.1 Å². The van der Waals surface area contributed by atoms with Crippen LogP contribution in [-0.4, -0.2) is 66.5 Å². The van der Waals surface area contributed by atoms with E-state index in [-0.39, 0.29) is 0 Å². The van der Waals surface area contributed by atoms with E-state index in [9.17, 15) is 28.8 Å². The first kappa shape index (κ1) is 113. The lowest BCUT2D eigenvalue weighted by Gasteiger charge is -2.42. The number of allylic oxidation sites excluding steroid dienone is 14. The van der Waals surface area contributed by atoms with Crippen molar-refractivity contribution in [3.63, 3.8) is 0 Å². The number of carboxylic acids is 6. The number of fused-ring (bicyclic) bond motifs is 1. The highest BCUT2D eigenvalue weighted by atomic mass is 16.4. The molecule has 0 aliphatic heterocycles. The van der Waals surface area contributed by atoms with Crippen molar-refractivity contribution >= 4 is 35.8 Å². The number of aliphatic carboxylic acids is 6. The first-order chi connectivity index (χ1) is 58.5. The van der Waals surface area contributed by atoms with Crippen molar-refractivity contribution in [2.75, 3.05) is 0 Å². The largest absolute Gasteiger partial charge is 0.481 e. The molecule has 0 aromatic heterocycles. The van der Waals surface area contributed by atoms with Gasteiger partial charge in [0.1, 0.15) is 0 Å². The Morgan fingerprint density at radius 1 is 0.300 bits per heavy atom. The number of carboxylic acid groups (broad SMARTS) is 6. The SMILES string of the molecule is CCCCC/C=C/C/C=C(/CCCCCCCC(=O)O)C(CC/C=C/CCCCC)CCCCCCCC(=O)O.CCCCC/C=C/CC1C(CCCCCC)C=CC(CCCCCCCC(=O)O)C1CCCCCCCC(=O)O.CCCCCCC1C=C2C(C=CC(CCCCCCCC(=O)O)C2CCCCCCCC(=O)O)CC1CCCC. The molecule has 12 heteroatoms. The van der Waals surface area contributed by atoms with Gasteiger partial charge in [-0.1, -0.05) is 376 Å². The van der Waals surface area contributed by atoms with E-state index >= 15 is 0 Å². The lowest BCUT2D eigenvalue weighted by Crippen LogP contribution is -2.31. The summed E-state index contributed by atoms with van der Waals surface area (Å²) >= 11 is 0. The van der Waals surface area contributed by atoms with Crippen LogP contribution in [0.5, 0.6) is 0 Å². The van der Waals surface area contributed by atoms with Gasteiger partial charge in [-0.05, 0) is 233 Å². The lowest BCUT2D eigenvalue weighted by atomic mass is 9.63. The van der Waals surface area contributed by atoms with Crippen LogP contribution >= 0.6 is 0 Å². The Hall–Kier alpha value is -5.00. The van der Waals surface area contributed by atoms with Gasteiger partial charge in [0, 0.05) is 38.5 Å². The van der Waals surface area contributed by atoms with Crippen LogP contribution in [0.25, 0.3) is 0 Å². The molecule has 0 fully saturated rings. The topological polar surface area (TPSA) is 224 Å². The van der Waals surface area contributed by atoms with Gasteiger partial charge in [0.2, 0.25) is 0 Å². The highest BCUT2D eigenvalue weighted by Gasteiger charge is 2.38. The third kappa shape index (κ3) is 65.6. The summed E-state index contributed by atoms with van der Waals surface area (Å²) in [6.45, 7) is 13.7. The van der Waals surface area contributed by atoms with Gasteiger partial charge < -0.3 is 30.6 Å². The van der Waals surface area contributed by atoms with Crippen LogP contribution in [0.1, 0.15) is 504 Å². The van der Waals surface area contributed by atoms with Crippen LogP contribution in [-0.2, 0) is 28.8 Å². The van der Waals surface area contributed by atoms with Gasteiger partial charge in [0.25, 0.3) is 0 Å². The highest BCUT2D eigenvalue weighted by Crippen LogP contribution is 2.49.